The zero-order valence-electron chi connectivity index (χ0n) is 6.73. The second-order valence-corrected chi connectivity index (χ2v) is 2.97. The van der Waals surface area contributed by atoms with Crippen molar-refractivity contribution in [1.29, 1.82) is 0 Å². The zero-order chi connectivity index (χ0) is 7.44. The molecule has 0 rings (SSSR count). The number of hydrogen-bond acceptors (Lipinski definition) is 0. The maximum atomic E-state index is 5.30. The van der Waals surface area contributed by atoms with Crippen molar-refractivity contribution < 1.29 is 0 Å². The maximum absolute atomic E-state index is 5.30. The number of hydrogen-bond donors (Lipinski definition) is 0. The van der Waals surface area contributed by atoms with Crippen LogP contribution in [-0.4, -0.2) is 0 Å². The normalized spacial score (nSPS) is 10.9. The Kier molecular flexibility index (Phi) is 3.39. The van der Waals surface area contributed by atoms with E-state index in [4.69, 9.17) is 6.42 Å². The molecule has 0 spiro atoms. The molecule has 0 aromatic carbocycles. The monoisotopic (exact) mass is 123 g/mol. The highest BCUT2D eigenvalue weighted by atomic mass is 14.2. The van der Waals surface area contributed by atoms with Crippen LogP contribution in [0, 0.1) is 30.1 Å². The van der Waals surface area contributed by atoms with E-state index < -0.39 is 0 Å². The standard InChI is InChI=1S/C9H15/c1-6-9(7(2)3)8(4)5/h1,7,9H,2-5H3. The molecule has 1 radical (unpaired) electrons. The van der Waals surface area contributed by atoms with Gasteiger partial charge in [-0.25, -0.2) is 0 Å². The fraction of sp³-hybridized carbons (Fsp3) is 0.667. The molecule has 0 fully saturated rings. The minimum Gasteiger partial charge on any atom is -0.120 e. The van der Waals surface area contributed by atoms with E-state index in [1.807, 2.05) is 0 Å². The van der Waals surface area contributed by atoms with Crippen molar-refractivity contribution in [2.24, 2.45) is 11.8 Å². The van der Waals surface area contributed by atoms with Crippen LogP contribution >= 0.6 is 0 Å². The van der Waals surface area contributed by atoms with Crippen molar-refractivity contribution in [1.82, 2.24) is 0 Å². The summed E-state index contributed by atoms with van der Waals surface area (Å²) in [6, 6.07) is 0. The molecule has 0 aliphatic carbocycles. The van der Waals surface area contributed by atoms with Crippen LogP contribution in [-0.2, 0) is 0 Å². The molecule has 0 nitrogen and oxygen atoms in total. The number of terminal acetylenes is 1. The fourth-order valence-electron chi connectivity index (χ4n) is 1.03. The Bertz CT molecular complexity index is 95.7. The van der Waals surface area contributed by atoms with Crippen molar-refractivity contribution in [2.45, 2.75) is 27.7 Å². The van der Waals surface area contributed by atoms with Crippen LogP contribution in [0.25, 0.3) is 0 Å². The van der Waals surface area contributed by atoms with Crippen LogP contribution in [0.4, 0.5) is 0 Å². The fourth-order valence-corrected chi connectivity index (χ4v) is 1.03. The van der Waals surface area contributed by atoms with Gasteiger partial charge in [0.05, 0.1) is 0 Å². The topological polar surface area (TPSA) is 0 Å². The van der Waals surface area contributed by atoms with Crippen LogP contribution in [0.5, 0.6) is 0 Å². The predicted octanol–water partition coefficient (Wildman–Crippen LogP) is 2.51. The van der Waals surface area contributed by atoms with Crippen molar-refractivity contribution in [2.75, 3.05) is 0 Å². The van der Waals surface area contributed by atoms with E-state index in [2.05, 4.69) is 33.6 Å². The van der Waals surface area contributed by atoms with E-state index in [1.165, 1.54) is 5.92 Å². The lowest BCUT2D eigenvalue weighted by Gasteiger charge is -2.17. The van der Waals surface area contributed by atoms with Gasteiger partial charge in [-0.3, -0.25) is 0 Å². The molecule has 0 heterocycles. The first-order valence-electron chi connectivity index (χ1n) is 3.35. The van der Waals surface area contributed by atoms with E-state index >= 15 is 0 Å². The average Bonchev–Trinajstić information content (AvgIpc) is 1.64. The Morgan fingerprint density at radius 3 is 1.78 bits per heavy atom. The molecule has 0 amide bonds. The maximum Gasteiger partial charge on any atom is 0.0279 e. The molecule has 0 bridgehead atoms. The summed E-state index contributed by atoms with van der Waals surface area (Å²) in [4.78, 5) is 0. The van der Waals surface area contributed by atoms with Gasteiger partial charge < -0.3 is 0 Å². The van der Waals surface area contributed by atoms with E-state index in [1.54, 1.807) is 0 Å². The Labute approximate surface area is 58.7 Å². The minimum atomic E-state index is 0.366. The van der Waals surface area contributed by atoms with Gasteiger partial charge in [0.2, 0.25) is 0 Å². The highest BCUT2D eigenvalue weighted by molar-refractivity contribution is 5.07. The van der Waals surface area contributed by atoms with Crippen molar-refractivity contribution in [3.05, 3.63) is 5.92 Å². The summed E-state index contributed by atoms with van der Waals surface area (Å²) in [5.41, 5.74) is 0. The highest BCUT2D eigenvalue weighted by Gasteiger charge is 2.13. The molecule has 0 aromatic heterocycles. The summed E-state index contributed by atoms with van der Waals surface area (Å²) in [5, 5.41) is 0. The minimum absolute atomic E-state index is 0.366. The van der Waals surface area contributed by atoms with Crippen molar-refractivity contribution in [3.63, 3.8) is 0 Å². The van der Waals surface area contributed by atoms with Gasteiger partial charge in [-0.05, 0) is 11.8 Å². The average molecular weight is 123 g/mol. The Morgan fingerprint density at radius 2 is 1.78 bits per heavy atom. The van der Waals surface area contributed by atoms with Crippen LogP contribution < -0.4 is 0 Å². The van der Waals surface area contributed by atoms with Gasteiger partial charge in [0.25, 0.3) is 0 Å². The summed E-state index contributed by atoms with van der Waals surface area (Å²) in [6.07, 6.45) is 5.30. The predicted molar refractivity (Wildman–Crippen MR) is 41.8 cm³/mol. The summed E-state index contributed by atoms with van der Waals surface area (Å²) >= 11 is 0. The summed E-state index contributed by atoms with van der Waals surface area (Å²) in [6.45, 7) is 8.48. The molecule has 1 atom stereocenters. The lowest BCUT2D eigenvalue weighted by Crippen LogP contribution is -2.10. The SMILES string of the molecule is C#CC([C](C)C)C(C)C. The molecule has 0 N–H and O–H groups in total. The largest absolute Gasteiger partial charge is 0.120 e. The molecule has 0 aliphatic rings. The van der Waals surface area contributed by atoms with E-state index in [9.17, 15) is 0 Å². The quantitative estimate of drug-likeness (QED) is 0.495. The van der Waals surface area contributed by atoms with Gasteiger partial charge in [0.1, 0.15) is 0 Å². The molecule has 9 heavy (non-hydrogen) atoms. The molecule has 0 saturated carbocycles. The first-order chi connectivity index (χ1) is 4.09. The Balaban J connectivity index is 3.87. The third-order valence-electron chi connectivity index (χ3n) is 1.47. The molecule has 0 aliphatic heterocycles. The number of rotatable bonds is 2. The molecular weight excluding hydrogens is 108 g/mol. The van der Waals surface area contributed by atoms with Gasteiger partial charge in [-0.2, -0.15) is 0 Å². The van der Waals surface area contributed by atoms with Crippen LogP contribution in [0.15, 0.2) is 0 Å². The second-order valence-electron chi connectivity index (χ2n) is 2.97. The summed E-state index contributed by atoms with van der Waals surface area (Å²) in [7, 11) is 0. The molecule has 51 valence electrons. The summed E-state index contributed by atoms with van der Waals surface area (Å²) < 4.78 is 0. The van der Waals surface area contributed by atoms with Crippen molar-refractivity contribution >= 4 is 0 Å². The highest BCUT2D eigenvalue weighted by Crippen LogP contribution is 2.20. The third-order valence-corrected chi connectivity index (χ3v) is 1.47. The molecular formula is C9H15. The van der Waals surface area contributed by atoms with Crippen LogP contribution in [0.3, 0.4) is 0 Å². The smallest absolute Gasteiger partial charge is 0.0279 e. The van der Waals surface area contributed by atoms with E-state index in [0.29, 0.717) is 11.8 Å². The first kappa shape index (κ1) is 8.56. The second kappa shape index (κ2) is 3.56. The van der Waals surface area contributed by atoms with E-state index in [-0.39, 0.29) is 0 Å². The van der Waals surface area contributed by atoms with Gasteiger partial charge in [-0.15, -0.1) is 12.3 Å². The van der Waals surface area contributed by atoms with Gasteiger partial charge in [-0.1, -0.05) is 27.7 Å². The van der Waals surface area contributed by atoms with Crippen molar-refractivity contribution in [3.8, 4) is 12.3 Å². The third kappa shape index (κ3) is 2.56. The molecule has 0 saturated heterocycles. The Morgan fingerprint density at radius 1 is 1.33 bits per heavy atom. The summed E-state index contributed by atoms with van der Waals surface area (Å²) in [5.74, 6) is 5.05. The van der Waals surface area contributed by atoms with Gasteiger partial charge in [0.15, 0.2) is 0 Å². The Hall–Kier alpha value is -0.440. The van der Waals surface area contributed by atoms with Gasteiger partial charge in [0, 0.05) is 5.92 Å². The lowest BCUT2D eigenvalue weighted by molar-refractivity contribution is 0.497. The van der Waals surface area contributed by atoms with Gasteiger partial charge >= 0.3 is 0 Å². The zero-order valence-corrected chi connectivity index (χ0v) is 6.73. The first-order valence-corrected chi connectivity index (χ1v) is 3.35. The molecule has 1 unspecified atom stereocenters. The molecule has 0 heteroatoms. The lowest BCUT2D eigenvalue weighted by atomic mass is 9.87. The van der Waals surface area contributed by atoms with Crippen LogP contribution in [0.2, 0.25) is 0 Å². The molecule has 0 aromatic rings. The van der Waals surface area contributed by atoms with Crippen LogP contribution in [0.1, 0.15) is 27.7 Å². The van der Waals surface area contributed by atoms with E-state index in [0.717, 1.165) is 0 Å².